The summed E-state index contributed by atoms with van der Waals surface area (Å²) < 4.78 is 66.4. The van der Waals surface area contributed by atoms with Crippen LogP contribution in [-0.2, 0) is 10.0 Å². The molecule has 0 radical (unpaired) electrons. The van der Waals surface area contributed by atoms with E-state index in [0.29, 0.717) is 21.0 Å². The van der Waals surface area contributed by atoms with Gasteiger partial charge in [-0.2, -0.15) is 17.9 Å². The van der Waals surface area contributed by atoms with Gasteiger partial charge in [0.2, 0.25) is 10.0 Å². The van der Waals surface area contributed by atoms with Crippen molar-refractivity contribution in [3.63, 3.8) is 0 Å². The zero-order chi connectivity index (χ0) is 21.3. The molecule has 3 nitrogen and oxygen atoms in total. The van der Waals surface area contributed by atoms with Crippen molar-refractivity contribution in [2.24, 2.45) is 0 Å². The Kier molecular flexibility index (Phi) is 7.40. The zero-order valence-electron chi connectivity index (χ0n) is 15.2. The van der Waals surface area contributed by atoms with E-state index in [1.54, 1.807) is 57.2 Å². The van der Waals surface area contributed by atoms with E-state index in [9.17, 15) is 21.6 Å². The van der Waals surface area contributed by atoms with Gasteiger partial charge in [-0.1, -0.05) is 41.4 Å². The molecule has 2 aromatic carbocycles. The van der Waals surface area contributed by atoms with Crippen LogP contribution in [0, 0.1) is 20.8 Å². The molecule has 0 fully saturated rings. The number of hydrogen-bond donors (Lipinski definition) is 1. The molecule has 2 rings (SSSR count). The highest BCUT2D eigenvalue weighted by atomic mass is 127. The summed E-state index contributed by atoms with van der Waals surface area (Å²) in [4.78, 5) is 0.308. The molecule has 10 heteroatoms. The minimum atomic E-state index is -4.82. The van der Waals surface area contributed by atoms with Gasteiger partial charge in [-0.05, 0) is 66.6 Å². The third-order valence-electron chi connectivity index (χ3n) is 3.88. The van der Waals surface area contributed by atoms with E-state index >= 15 is 0 Å². The summed E-state index contributed by atoms with van der Waals surface area (Å²) in [5.74, 6) is -0.579. The highest BCUT2D eigenvalue weighted by molar-refractivity contribution is 14.1. The number of nitrogens with one attached hydrogen (secondary N) is 1. The summed E-state index contributed by atoms with van der Waals surface area (Å²) in [6.07, 6.45) is -4.82. The van der Waals surface area contributed by atoms with Crippen LogP contribution in [-0.4, -0.2) is 23.9 Å². The molecular formula is C18H18ClF3INO2S2. The first-order chi connectivity index (χ1) is 12.8. The highest BCUT2D eigenvalue weighted by Crippen LogP contribution is 2.42. The largest absolute Gasteiger partial charge is 0.417 e. The predicted octanol–water partition coefficient (Wildman–Crippen LogP) is 6.03. The first-order valence-electron chi connectivity index (χ1n) is 8.01. The molecule has 2 aromatic rings. The lowest BCUT2D eigenvalue weighted by Crippen LogP contribution is -2.55. The summed E-state index contributed by atoms with van der Waals surface area (Å²) in [5.41, 5.74) is 1.62. The van der Waals surface area contributed by atoms with Crippen LogP contribution in [0.15, 0.2) is 46.2 Å². The lowest BCUT2D eigenvalue weighted by Gasteiger charge is -2.31. The zero-order valence-corrected chi connectivity index (χ0v) is 19.7. The van der Waals surface area contributed by atoms with Crippen LogP contribution in [0.5, 0.6) is 0 Å². The average molecular weight is 564 g/mol. The Morgan fingerprint density at radius 1 is 1.11 bits per heavy atom. The minimum Gasteiger partial charge on any atom is -0.207 e. The molecule has 0 heterocycles. The molecule has 0 aliphatic heterocycles. The molecule has 0 saturated heterocycles. The van der Waals surface area contributed by atoms with E-state index in [1.807, 2.05) is 4.72 Å². The van der Waals surface area contributed by atoms with Crippen LogP contribution in [0.2, 0.25) is 5.02 Å². The monoisotopic (exact) mass is 563 g/mol. The number of rotatable bonds is 6. The van der Waals surface area contributed by atoms with Gasteiger partial charge in [0.1, 0.15) is 0 Å². The van der Waals surface area contributed by atoms with Crippen molar-refractivity contribution in [3.05, 3.63) is 58.1 Å². The molecule has 0 aliphatic rings. The number of aryl methyl sites for hydroxylation is 3. The van der Waals surface area contributed by atoms with E-state index in [-0.39, 0.29) is 4.90 Å². The Morgan fingerprint density at radius 2 is 1.64 bits per heavy atom. The second-order valence-electron chi connectivity index (χ2n) is 6.35. The maximum absolute atomic E-state index is 13.8. The van der Waals surface area contributed by atoms with Crippen molar-refractivity contribution < 1.29 is 21.6 Å². The van der Waals surface area contributed by atoms with Gasteiger partial charge in [-0.3, -0.25) is 0 Å². The van der Waals surface area contributed by atoms with Crippen molar-refractivity contribution in [1.29, 1.82) is 0 Å². The third kappa shape index (κ3) is 5.35. The normalized spacial score (nSPS) is 14.7. The second kappa shape index (κ2) is 8.71. The van der Waals surface area contributed by atoms with Gasteiger partial charge in [0.25, 0.3) is 0 Å². The number of benzene rings is 2. The van der Waals surface area contributed by atoms with E-state index in [0.717, 1.165) is 39.9 Å². The Morgan fingerprint density at radius 3 is 2.14 bits per heavy atom. The smallest absolute Gasteiger partial charge is 0.207 e. The lowest BCUT2D eigenvalue weighted by molar-refractivity contribution is -0.151. The van der Waals surface area contributed by atoms with Crippen LogP contribution in [0.1, 0.15) is 16.7 Å². The number of thioether (sulfide) groups is 1. The molecule has 0 aliphatic carbocycles. The van der Waals surface area contributed by atoms with Gasteiger partial charge >= 0.3 is 6.18 Å². The molecule has 1 N–H and O–H groups in total. The van der Waals surface area contributed by atoms with Gasteiger partial charge < -0.3 is 0 Å². The maximum atomic E-state index is 13.8. The Balaban J connectivity index is 2.40. The fraction of sp³-hybridized carbons (Fsp3) is 0.333. The summed E-state index contributed by atoms with van der Waals surface area (Å²) >= 11 is 7.97. The first kappa shape index (κ1) is 23.8. The van der Waals surface area contributed by atoms with Crippen molar-refractivity contribution in [2.75, 3.05) is 5.75 Å². The van der Waals surface area contributed by atoms with E-state index in [2.05, 4.69) is 0 Å². The topological polar surface area (TPSA) is 46.2 Å². The molecular weight excluding hydrogens is 546 g/mol. The Labute approximate surface area is 185 Å². The van der Waals surface area contributed by atoms with E-state index in [4.69, 9.17) is 11.6 Å². The van der Waals surface area contributed by atoms with Crippen molar-refractivity contribution >= 4 is 56.0 Å². The molecule has 154 valence electrons. The van der Waals surface area contributed by atoms with E-state index < -0.39 is 25.5 Å². The van der Waals surface area contributed by atoms with Gasteiger partial charge in [0.05, 0.1) is 9.92 Å². The van der Waals surface area contributed by atoms with Crippen LogP contribution in [0.3, 0.4) is 0 Å². The lowest BCUT2D eigenvalue weighted by atomic mass is 10.1. The maximum Gasteiger partial charge on any atom is 0.417 e. The molecule has 1 atom stereocenters. The molecule has 1 unspecified atom stereocenters. The molecule has 0 aromatic heterocycles. The van der Waals surface area contributed by atoms with Crippen LogP contribution >= 0.6 is 46.0 Å². The summed E-state index contributed by atoms with van der Waals surface area (Å²) in [6.45, 7) is 4.92. The van der Waals surface area contributed by atoms with Gasteiger partial charge in [0, 0.05) is 10.6 Å². The van der Waals surface area contributed by atoms with Gasteiger partial charge in [-0.15, -0.1) is 11.8 Å². The third-order valence-corrected chi connectivity index (χ3v) is 9.51. The van der Waals surface area contributed by atoms with Crippen LogP contribution < -0.4 is 4.72 Å². The molecule has 0 saturated carbocycles. The van der Waals surface area contributed by atoms with Gasteiger partial charge in [0.15, 0.2) is 3.55 Å². The standard InChI is InChI=1S/C18H18ClF3INO2S2/c1-11-8-12(2)16(13(3)9-11)28(25,26)24-17(23,18(20,21)22)10-27-15-7-5-4-6-14(15)19/h4-9,24H,10H2,1-3H3. The average Bonchev–Trinajstić information content (AvgIpc) is 2.51. The quantitative estimate of drug-likeness (QED) is 0.202. The Hall–Kier alpha value is -0.490. The highest BCUT2D eigenvalue weighted by Gasteiger charge is 2.55. The molecule has 0 amide bonds. The molecule has 0 spiro atoms. The molecule has 0 bridgehead atoms. The van der Waals surface area contributed by atoms with Crippen molar-refractivity contribution in [2.45, 2.75) is 40.3 Å². The summed E-state index contributed by atoms with van der Waals surface area (Å²) in [6, 6.07) is 9.72. The fourth-order valence-corrected chi connectivity index (χ4v) is 7.14. The summed E-state index contributed by atoms with van der Waals surface area (Å²) in [7, 11) is -4.42. The Bertz CT molecular complexity index is 960. The number of sulfonamides is 1. The van der Waals surface area contributed by atoms with Crippen LogP contribution in [0.4, 0.5) is 13.2 Å². The van der Waals surface area contributed by atoms with E-state index in [1.165, 1.54) is 0 Å². The first-order valence-corrected chi connectivity index (χ1v) is 11.9. The fourth-order valence-electron chi connectivity index (χ4n) is 2.76. The number of halogens is 5. The predicted molar refractivity (Wildman–Crippen MR) is 116 cm³/mol. The van der Waals surface area contributed by atoms with Crippen molar-refractivity contribution in [1.82, 2.24) is 4.72 Å². The number of alkyl halides is 4. The van der Waals surface area contributed by atoms with Crippen molar-refractivity contribution in [3.8, 4) is 0 Å². The molecule has 28 heavy (non-hydrogen) atoms. The van der Waals surface area contributed by atoms with Gasteiger partial charge in [-0.25, -0.2) is 8.42 Å². The van der Waals surface area contributed by atoms with Crippen LogP contribution in [0.25, 0.3) is 0 Å². The SMILES string of the molecule is Cc1cc(C)c(S(=O)(=O)NC(I)(CSc2ccccc2Cl)C(F)(F)F)c(C)c1. The second-order valence-corrected chi connectivity index (χ2v) is 11.2. The number of hydrogen-bond acceptors (Lipinski definition) is 3. The summed E-state index contributed by atoms with van der Waals surface area (Å²) in [5, 5.41) is 0.307. The minimum absolute atomic E-state index is 0.133.